The molecule has 2 heterocycles. The molecule has 0 aliphatic carbocycles. The zero-order valence-corrected chi connectivity index (χ0v) is 14.3. The number of nitrogens with one attached hydrogen (secondary N) is 2. The number of hydrogen-bond acceptors (Lipinski definition) is 3. The van der Waals surface area contributed by atoms with Crippen LogP contribution in [0.25, 0.3) is 17.0 Å². The maximum atomic E-state index is 5.83. The van der Waals surface area contributed by atoms with Crippen LogP contribution in [0, 0.1) is 0 Å². The molecule has 0 spiro atoms. The highest BCUT2D eigenvalue weighted by Gasteiger charge is 2.07. The van der Waals surface area contributed by atoms with Crippen LogP contribution in [0.5, 0.6) is 0 Å². The zero-order chi connectivity index (χ0) is 17.1. The average molecular weight is 331 g/mol. The molecule has 0 unspecified atom stereocenters. The molecule has 0 bridgehead atoms. The fourth-order valence-electron chi connectivity index (χ4n) is 3.02. The van der Waals surface area contributed by atoms with Gasteiger partial charge in [-0.2, -0.15) is 0 Å². The highest BCUT2D eigenvalue weighted by atomic mass is 16.5. The van der Waals surface area contributed by atoms with Crippen LogP contribution >= 0.6 is 0 Å². The molecule has 0 atom stereocenters. The quantitative estimate of drug-likeness (QED) is 0.734. The summed E-state index contributed by atoms with van der Waals surface area (Å²) < 4.78 is 5.83. The van der Waals surface area contributed by atoms with Crippen LogP contribution in [-0.4, -0.2) is 17.4 Å². The third kappa shape index (κ3) is 3.80. The number of H-pyrrole nitrogens is 1. The van der Waals surface area contributed by atoms with E-state index in [1.165, 1.54) is 16.5 Å². The molecule has 4 nitrogen and oxygen atoms in total. The molecule has 4 heteroatoms. The van der Waals surface area contributed by atoms with Crippen LogP contribution in [0.15, 0.2) is 65.3 Å². The van der Waals surface area contributed by atoms with Gasteiger partial charge in [0.2, 0.25) is 0 Å². The number of aliphatic imine (C=N–C) groups is 1. The predicted octanol–water partition coefficient (Wildman–Crippen LogP) is 4.25. The monoisotopic (exact) mass is 331 g/mol. The van der Waals surface area contributed by atoms with Crippen LogP contribution in [0.4, 0.5) is 0 Å². The fourth-order valence-corrected chi connectivity index (χ4v) is 3.02. The number of nitrogens with zero attached hydrogens (tertiary/aromatic N) is 1. The Hall–Kier alpha value is -2.85. The Morgan fingerprint density at radius 1 is 1.04 bits per heavy atom. The van der Waals surface area contributed by atoms with E-state index >= 15 is 0 Å². The largest absolute Gasteiger partial charge is 0.372 e. The molecule has 1 aliphatic rings. The van der Waals surface area contributed by atoms with E-state index in [0.717, 1.165) is 29.3 Å². The second kappa shape index (κ2) is 6.95. The van der Waals surface area contributed by atoms with E-state index in [-0.39, 0.29) is 0 Å². The van der Waals surface area contributed by atoms with Crippen molar-refractivity contribution in [3.05, 3.63) is 77.1 Å². The number of hydrogen-bond donors (Lipinski definition) is 2. The average Bonchev–Trinajstić information content (AvgIpc) is 3.21. The van der Waals surface area contributed by atoms with Gasteiger partial charge in [-0.15, -0.1) is 0 Å². The first-order valence-electron chi connectivity index (χ1n) is 8.48. The maximum absolute atomic E-state index is 5.83. The molecular weight excluding hydrogens is 310 g/mol. The lowest BCUT2D eigenvalue weighted by Gasteiger charge is -2.04. The van der Waals surface area contributed by atoms with Crippen molar-refractivity contribution in [2.75, 3.05) is 6.54 Å². The van der Waals surface area contributed by atoms with Gasteiger partial charge >= 0.3 is 0 Å². The molecule has 0 fully saturated rings. The first-order chi connectivity index (χ1) is 12.3. The lowest BCUT2D eigenvalue weighted by atomic mass is 10.1. The van der Waals surface area contributed by atoms with Crippen molar-refractivity contribution in [2.45, 2.75) is 20.1 Å². The Kier molecular flexibility index (Phi) is 4.36. The fraction of sp³-hybridized carbons (Fsp3) is 0.190. The minimum Gasteiger partial charge on any atom is -0.372 e. The molecule has 1 aromatic heterocycles. The SMILES string of the molecule is CC1=NC/C(=C/c2cc3cc(COCc4ccccc4)ccc3[nH]2)N1. The Balaban J connectivity index is 1.43. The normalized spacial score (nSPS) is 15.6. The van der Waals surface area contributed by atoms with Crippen LogP contribution in [0.2, 0.25) is 0 Å². The Morgan fingerprint density at radius 3 is 2.68 bits per heavy atom. The molecular formula is C21H21N3O. The van der Waals surface area contributed by atoms with E-state index in [1.807, 2.05) is 25.1 Å². The molecule has 0 saturated heterocycles. The third-order valence-corrected chi connectivity index (χ3v) is 4.24. The van der Waals surface area contributed by atoms with Crippen molar-refractivity contribution in [1.29, 1.82) is 0 Å². The van der Waals surface area contributed by atoms with Crippen LogP contribution in [-0.2, 0) is 18.0 Å². The number of ether oxygens (including phenoxy) is 1. The first-order valence-corrected chi connectivity index (χ1v) is 8.48. The molecule has 0 saturated carbocycles. The molecule has 0 amide bonds. The number of aromatic nitrogens is 1. The smallest absolute Gasteiger partial charge is 0.0978 e. The van der Waals surface area contributed by atoms with Gasteiger partial charge in [-0.25, -0.2) is 0 Å². The van der Waals surface area contributed by atoms with Crippen molar-refractivity contribution >= 4 is 22.8 Å². The molecule has 25 heavy (non-hydrogen) atoms. The van der Waals surface area contributed by atoms with Crippen molar-refractivity contribution < 1.29 is 4.74 Å². The number of amidine groups is 1. The van der Waals surface area contributed by atoms with E-state index in [2.05, 4.69) is 57.8 Å². The maximum Gasteiger partial charge on any atom is 0.0978 e. The highest BCUT2D eigenvalue weighted by molar-refractivity contribution is 5.86. The summed E-state index contributed by atoms with van der Waals surface area (Å²) in [5.74, 6) is 0.972. The standard InChI is InChI=1S/C21H21N3O/c1-15-22-12-20(23-15)11-19-10-18-9-17(7-8-21(18)24-19)14-25-13-16-5-3-2-4-6-16/h2-11,24H,12-14H2,1H3,(H,22,23)/b20-11-. The van der Waals surface area contributed by atoms with Crippen molar-refractivity contribution in [3.8, 4) is 0 Å². The molecule has 2 N–H and O–H groups in total. The van der Waals surface area contributed by atoms with Gasteiger partial charge in [-0.1, -0.05) is 36.4 Å². The third-order valence-electron chi connectivity index (χ3n) is 4.24. The second-order valence-electron chi connectivity index (χ2n) is 6.32. The molecule has 3 aromatic rings. The topological polar surface area (TPSA) is 49.4 Å². The van der Waals surface area contributed by atoms with Crippen LogP contribution < -0.4 is 5.32 Å². The number of rotatable bonds is 5. The summed E-state index contributed by atoms with van der Waals surface area (Å²) in [4.78, 5) is 7.79. The molecule has 2 aromatic carbocycles. The summed E-state index contributed by atoms with van der Waals surface area (Å²) in [6, 6.07) is 18.8. The van der Waals surface area contributed by atoms with Gasteiger partial charge in [0, 0.05) is 22.3 Å². The molecule has 4 rings (SSSR count). The van der Waals surface area contributed by atoms with E-state index < -0.39 is 0 Å². The lowest BCUT2D eigenvalue weighted by molar-refractivity contribution is 0.107. The molecule has 126 valence electrons. The van der Waals surface area contributed by atoms with E-state index in [0.29, 0.717) is 13.2 Å². The van der Waals surface area contributed by atoms with Crippen molar-refractivity contribution in [2.24, 2.45) is 4.99 Å². The lowest BCUT2D eigenvalue weighted by Crippen LogP contribution is -2.12. The number of benzene rings is 2. The summed E-state index contributed by atoms with van der Waals surface area (Å²) in [7, 11) is 0. The molecule has 1 aliphatic heterocycles. The second-order valence-corrected chi connectivity index (χ2v) is 6.32. The number of fused-ring (bicyclic) bond motifs is 1. The van der Waals surface area contributed by atoms with Crippen LogP contribution in [0.3, 0.4) is 0 Å². The summed E-state index contributed by atoms with van der Waals surface area (Å²) in [6.07, 6.45) is 2.12. The Labute approximate surface area is 147 Å². The van der Waals surface area contributed by atoms with Gasteiger partial charge in [-0.05, 0) is 42.3 Å². The zero-order valence-electron chi connectivity index (χ0n) is 14.3. The van der Waals surface area contributed by atoms with Gasteiger partial charge < -0.3 is 15.0 Å². The van der Waals surface area contributed by atoms with E-state index in [9.17, 15) is 0 Å². The summed E-state index contributed by atoms with van der Waals surface area (Å²) >= 11 is 0. The molecule has 0 radical (unpaired) electrons. The van der Waals surface area contributed by atoms with E-state index in [1.54, 1.807) is 0 Å². The summed E-state index contributed by atoms with van der Waals surface area (Å²) in [6.45, 7) is 3.95. The van der Waals surface area contributed by atoms with Gasteiger partial charge in [0.15, 0.2) is 0 Å². The minimum atomic E-state index is 0.612. The highest BCUT2D eigenvalue weighted by Crippen LogP contribution is 2.20. The van der Waals surface area contributed by atoms with Gasteiger partial charge in [0.1, 0.15) is 0 Å². The van der Waals surface area contributed by atoms with Crippen LogP contribution in [0.1, 0.15) is 23.7 Å². The van der Waals surface area contributed by atoms with Crippen molar-refractivity contribution in [1.82, 2.24) is 10.3 Å². The minimum absolute atomic E-state index is 0.612. The predicted molar refractivity (Wildman–Crippen MR) is 102 cm³/mol. The first kappa shape index (κ1) is 15.7. The number of aromatic amines is 1. The van der Waals surface area contributed by atoms with E-state index in [4.69, 9.17) is 4.74 Å². The van der Waals surface area contributed by atoms with Gasteiger partial charge in [0.25, 0.3) is 0 Å². The Morgan fingerprint density at radius 2 is 1.88 bits per heavy atom. The van der Waals surface area contributed by atoms with Crippen molar-refractivity contribution in [3.63, 3.8) is 0 Å². The summed E-state index contributed by atoms with van der Waals surface area (Å²) in [5, 5.41) is 4.47. The Bertz CT molecular complexity index is 938. The van der Waals surface area contributed by atoms with Gasteiger partial charge in [-0.3, -0.25) is 4.99 Å². The van der Waals surface area contributed by atoms with Gasteiger partial charge in [0.05, 0.1) is 25.6 Å². The summed E-state index contributed by atoms with van der Waals surface area (Å²) in [5.41, 5.74) is 5.72.